The van der Waals surface area contributed by atoms with Crippen LogP contribution < -0.4 is 0 Å². The third-order valence-corrected chi connectivity index (χ3v) is 3.23. The summed E-state index contributed by atoms with van der Waals surface area (Å²) in [4.78, 5) is 11.9. The Morgan fingerprint density at radius 2 is 2.12 bits per heavy atom. The first kappa shape index (κ1) is 12.1. The lowest BCUT2D eigenvalue weighted by atomic mass is 9.91. The van der Waals surface area contributed by atoms with Crippen molar-refractivity contribution in [3.05, 3.63) is 35.4 Å². The molecule has 0 radical (unpaired) electrons. The first-order chi connectivity index (χ1) is 8.22. The zero-order chi connectivity index (χ0) is 12.3. The normalized spacial score (nSPS) is 21.2. The fraction of sp³-hybridized carbons (Fsp3) is 0.500. The molecule has 2 rings (SSSR count). The van der Waals surface area contributed by atoms with Crippen LogP contribution >= 0.6 is 0 Å². The Bertz CT molecular complexity index is 377. The number of carbonyl (C=O) groups excluding carboxylic acids is 1. The lowest BCUT2D eigenvalue weighted by Gasteiger charge is -2.21. The molecule has 17 heavy (non-hydrogen) atoms. The molecule has 1 fully saturated rings. The van der Waals surface area contributed by atoms with E-state index in [1.54, 1.807) is 0 Å². The summed E-state index contributed by atoms with van der Waals surface area (Å²) in [5, 5.41) is 0. The Morgan fingerprint density at radius 3 is 2.65 bits per heavy atom. The van der Waals surface area contributed by atoms with E-state index in [0.29, 0.717) is 0 Å². The average Bonchev–Trinajstić information content (AvgIpc) is 2.85. The van der Waals surface area contributed by atoms with Crippen molar-refractivity contribution < 1.29 is 14.3 Å². The van der Waals surface area contributed by atoms with Gasteiger partial charge in [-0.2, -0.15) is 0 Å². The molecule has 0 amide bonds. The molecule has 1 aliphatic rings. The van der Waals surface area contributed by atoms with Crippen LogP contribution in [0.15, 0.2) is 24.3 Å². The van der Waals surface area contributed by atoms with Gasteiger partial charge in [-0.05, 0) is 25.3 Å². The number of hydrogen-bond acceptors (Lipinski definition) is 3. The lowest BCUT2D eigenvalue weighted by molar-refractivity contribution is -0.145. The molecule has 3 heteroatoms. The molecule has 0 aromatic heterocycles. The molecule has 0 bridgehead atoms. The monoisotopic (exact) mass is 234 g/mol. The predicted molar refractivity (Wildman–Crippen MR) is 64.9 cm³/mol. The van der Waals surface area contributed by atoms with Crippen molar-refractivity contribution in [2.24, 2.45) is 0 Å². The van der Waals surface area contributed by atoms with Gasteiger partial charge in [-0.15, -0.1) is 0 Å². The second kappa shape index (κ2) is 5.32. The smallest absolute Gasteiger partial charge is 0.315 e. The van der Waals surface area contributed by atoms with Gasteiger partial charge < -0.3 is 9.47 Å². The van der Waals surface area contributed by atoms with Crippen molar-refractivity contribution in [1.29, 1.82) is 0 Å². The molecule has 0 aliphatic carbocycles. The fourth-order valence-electron chi connectivity index (χ4n) is 2.27. The number of benzene rings is 1. The van der Waals surface area contributed by atoms with Gasteiger partial charge in [-0.1, -0.05) is 29.8 Å². The number of hydrogen-bond donors (Lipinski definition) is 0. The second-order valence-electron chi connectivity index (χ2n) is 4.46. The number of esters is 1. The number of methoxy groups -OCH3 is 1. The summed E-state index contributed by atoms with van der Waals surface area (Å²) in [7, 11) is 1.43. The number of carbonyl (C=O) groups is 1. The van der Waals surface area contributed by atoms with Gasteiger partial charge in [0.05, 0.1) is 13.2 Å². The van der Waals surface area contributed by atoms with E-state index in [2.05, 4.69) is 0 Å². The molecule has 1 saturated heterocycles. The summed E-state index contributed by atoms with van der Waals surface area (Å²) < 4.78 is 10.5. The van der Waals surface area contributed by atoms with Crippen LogP contribution in [0.2, 0.25) is 0 Å². The second-order valence-corrected chi connectivity index (χ2v) is 4.46. The Balaban J connectivity index is 2.25. The van der Waals surface area contributed by atoms with Gasteiger partial charge in [0.2, 0.25) is 0 Å². The SMILES string of the molecule is COC(=O)[C@@H](c1ccc(C)cc1)[C@H]1CCCO1. The molecular weight excluding hydrogens is 216 g/mol. The largest absolute Gasteiger partial charge is 0.468 e. The van der Waals surface area contributed by atoms with Crippen molar-refractivity contribution >= 4 is 5.97 Å². The van der Waals surface area contributed by atoms with E-state index in [9.17, 15) is 4.79 Å². The minimum absolute atomic E-state index is 0.0369. The van der Waals surface area contributed by atoms with E-state index in [-0.39, 0.29) is 18.0 Å². The quantitative estimate of drug-likeness (QED) is 0.753. The van der Waals surface area contributed by atoms with E-state index < -0.39 is 0 Å². The maximum absolute atomic E-state index is 11.9. The van der Waals surface area contributed by atoms with Crippen LogP contribution in [-0.2, 0) is 14.3 Å². The first-order valence-electron chi connectivity index (χ1n) is 5.98. The van der Waals surface area contributed by atoms with E-state index in [1.807, 2.05) is 31.2 Å². The van der Waals surface area contributed by atoms with Crippen LogP contribution in [0.4, 0.5) is 0 Å². The molecule has 2 atom stereocenters. The standard InChI is InChI=1S/C14H18O3/c1-10-5-7-11(8-6-10)13(14(15)16-2)12-4-3-9-17-12/h5-8,12-13H,3-4,9H2,1-2H3/t12-,13+/m1/s1. The van der Waals surface area contributed by atoms with Crippen LogP contribution in [0.1, 0.15) is 29.9 Å². The summed E-state index contributed by atoms with van der Waals surface area (Å²) in [6, 6.07) is 8.00. The van der Waals surface area contributed by atoms with Gasteiger partial charge >= 0.3 is 5.97 Å². The zero-order valence-corrected chi connectivity index (χ0v) is 10.3. The first-order valence-corrected chi connectivity index (χ1v) is 5.98. The fourth-order valence-corrected chi connectivity index (χ4v) is 2.27. The molecule has 0 spiro atoms. The minimum Gasteiger partial charge on any atom is -0.468 e. The highest BCUT2D eigenvalue weighted by atomic mass is 16.5. The Hall–Kier alpha value is -1.35. The highest BCUT2D eigenvalue weighted by Gasteiger charge is 2.33. The van der Waals surface area contributed by atoms with Gasteiger partial charge in [-0.25, -0.2) is 0 Å². The van der Waals surface area contributed by atoms with Crippen molar-refractivity contribution in [2.75, 3.05) is 13.7 Å². The lowest BCUT2D eigenvalue weighted by Crippen LogP contribution is -2.26. The van der Waals surface area contributed by atoms with Crippen molar-refractivity contribution in [1.82, 2.24) is 0 Å². The molecule has 0 N–H and O–H groups in total. The molecular formula is C14H18O3. The highest BCUT2D eigenvalue weighted by Crippen LogP contribution is 2.30. The van der Waals surface area contributed by atoms with Crippen LogP contribution in [0.25, 0.3) is 0 Å². The Kier molecular flexibility index (Phi) is 3.79. The van der Waals surface area contributed by atoms with E-state index >= 15 is 0 Å². The number of ether oxygens (including phenoxy) is 2. The third-order valence-electron chi connectivity index (χ3n) is 3.23. The Labute approximate surface area is 102 Å². The maximum atomic E-state index is 11.9. The Morgan fingerprint density at radius 1 is 1.41 bits per heavy atom. The summed E-state index contributed by atoms with van der Waals surface area (Å²) in [5.74, 6) is -0.496. The topological polar surface area (TPSA) is 35.5 Å². The van der Waals surface area contributed by atoms with Gasteiger partial charge in [0.1, 0.15) is 5.92 Å². The van der Waals surface area contributed by atoms with Crippen LogP contribution in [-0.4, -0.2) is 25.8 Å². The minimum atomic E-state index is -0.289. The van der Waals surface area contributed by atoms with Gasteiger partial charge in [0.25, 0.3) is 0 Å². The van der Waals surface area contributed by atoms with Gasteiger partial charge in [-0.3, -0.25) is 4.79 Å². The molecule has 1 aromatic carbocycles. The molecule has 3 nitrogen and oxygen atoms in total. The summed E-state index contributed by atoms with van der Waals surface area (Å²) in [6.45, 7) is 2.77. The summed E-state index contributed by atoms with van der Waals surface area (Å²) >= 11 is 0. The van der Waals surface area contributed by atoms with Crippen LogP contribution in [0, 0.1) is 6.92 Å². The average molecular weight is 234 g/mol. The van der Waals surface area contributed by atoms with Crippen molar-refractivity contribution in [2.45, 2.75) is 31.8 Å². The van der Waals surface area contributed by atoms with Crippen molar-refractivity contribution in [3.8, 4) is 0 Å². The molecule has 0 unspecified atom stereocenters. The van der Waals surface area contributed by atoms with E-state index in [1.165, 1.54) is 12.7 Å². The zero-order valence-electron chi connectivity index (χ0n) is 10.3. The maximum Gasteiger partial charge on any atom is 0.315 e. The van der Waals surface area contributed by atoms with Crippen LogP contribution in [0.3, 0.4) is 0 Å². The van der Waals surface area contributed by atoms with Crippen molar-refractivity contribution in [3.63, 3.8) is 0 Å². The predicted octanol–water partition coefficient (Wildman–Crippen LogP) is 2.43. The molecule has 1 aliphatic heterocycles. The number of aryl methyl sites for hydroxylation is 1. The summed E-state index contributed by atoms with van der Waals surface area (Å²) in [5.41, 5.74) is 2.17. The summed E-state index contributed by atoms with van der Waals surface area (Å²) in [6.07, 6.45) is 1.91. The number of rotatable bonds is 3. The highest BCUT2D eigenvalue weighted by molar-refractivity contribution is 5.79. The van der Waals surface area contributed by atoms with Gasteiger partial charge in [0, 0.05) is 6.61 Å². The molecule has 92 valence electrons. The van der Waals surface area contributed by atoms with Gasteiger partial charge in [0.15, 0.2) is 0 Å². The molecule has 1 aromatic rings. The third kappa shape index (κ3) is 2.67. The van der Waals surface area contributed by atoms with E-state index in [4.69, 9.17) is 9.47 Å². The molecule has 0 saturated carbocycles. The van der Waals surface area contributed by atoms with Crippen LogP contribution in [0.5, 0.6) is 0 Å². The van der Waals surface area contributed by atoms with E-state index in [0.717, 1.165) is 25.0 Å². The molecule has 1 heterocycles.